The summed E-state index contributed by atoms with van der Waals surface area (Å²) in [7, 11) is -3.95. The lowest BCUT2D eigenvalue weighted by Gasteiger charge is -2.10. The minimum Gasteiger partial charge on any atom is -0.278 e. The molecule has 0 radical (unpaired) electrons. The molecule has 0 aliphatic rings. The zero-order valence-electron chi connectivity index (χ0n) is 14.9. The molecule has 0 spiro atoms. The largest absolute Gasteiger partial charge is 0.278 e. The highest BCUT2D eigenvalue weighted by Gasteiger charge is 2.25. The van der Waals surface area contributed by atoms with Crippen LogP contribution >= 0.6 is 34.5 Å². The summed E-state index contributed by atoms with van der Waals surface area (Å²) in [6.45, 7) is 0.451. The highest BCUT2D eigenvalue weighted by molar-refractivity contribution is 7.92. The molecule has 0 saturated heterocycles. The summed E-state index contributed by atoms with van der Waals surface area (Å²) in [6, 6.07) is 18.2. The number of rotatable bonds is 6. The molecule has 2 aromatic carbocycles. The van der Waals surface area contributed by atoms with E-state index in [-0.39, 0.29) is 20.6 Å². The summed E-state index contributed by atoms with van der Waals surface area (Å²) in [5, 5.41) is 6.84. The lowest BCUT2D eigenvalue weighted by molar-refractivity contribution is 0.601. The van der Waals surface area contributed by atoms with Crippen LogP contribution < -0.4 is 4.72 Å². The Kier molecular flexibility index (Phi) is 5.65. The van der Waals surface area contributed by atoms with Gasteiger partial charge in [0, 0.05) is 6.20 Å². The summed E-state index contributed by atoms with van der Waals surface area (Å²) in [5.74, 6) is 0. The molecule has 0 atom stereocenters. The number of nitrogens with one attached hydrogen (secondary N) is 1. The summed E-state index contributed by atoms with van der Waals surface area (Å²) in [5.41, 5.74) is 1.62. The molecule has 0 saturated carbocycles. The molecule has 2 heterocycles. The van der Waals surface area contributed by atoms with E-state index in [0.29, 0.717) is 12.2 Å². The van der Waals surface area contributed by atoms with Crippen molar-refractivity contribution in [1.82, 2.24) is 9.78 Å². The van der Waals surface area contributed by atoms with E-state index in [1.54, 1.807) is 22.9 Å². The number of hydrogen-bond acceptors (Lipinski definition) is 4. The van der Waals surface area contributed by atoms with Crippen molar-refractivity contribution in [1.29, 1.82) is 0 Å². The van der Waals surface area contributed by atoms with Crippen molar-refractivity contribution < 1.29 is 8.42 Å². The summed E-state index contributed by atoms with van der Waals surface area (Å²) in [4.78, 5) is 0.835. The zero-order chi connectivity index (χ0) is 20.4. The highest BCUT2D eigenvalue weighted by atomic mass is 35.5. The predicted octanol–water partition coefficient (Wildman–Crippen LogP) is 5.77. The Balaban J connectivity index is 1.75. The van der Waals surface area contributed by atoms with Crippen molar-refractivity contribution >= 4 is 50.2 Å². The van der Waals surface area contributed by atoms with Gasteiger partial charge in [-0.15, -0.1) is 11.3 Å². The Morgan fingerprint density at radius 3 is 2.52 bits per heavy atom. The molecular formula is C20H15Cl2N3O2S2. The van der Waals surface area contributed by atoms with Crippen molar-refractivity contribution in [2.24, 2.45) is 0 Å². The first-order valence-corrected chi connectivity index (χ1v) is 11.7. The standard InChI is InChI=1S/C20H15Cl2N3O2S2/c21-15-8-4-9-16(19(15)22)24-29(26,27)18-13-25(12-14-6-2-1-3-7-14)23-20(18)17-10-5-11-28-17/h1-11,13,24H,12H2. The second kappa shape index (κ2) is 8.20. The number of anilines is 1. The van der Waals surface area contributed by atoms with Crippen LogP contribution in [0.25, 0.3) is 10.6 Å². The van der Waals surface area contributed by atoms with Crippen molar-refractivity contribution in [3.05, 3.63) is 87.8 Å². The zero-order valence-corrected chi connectivity index (χ0v) is 18.1. The lowest BCUT2D eigenvalue weighted by atomic mass is 10.2. The van der Waals surface area contributed by atoms with Gasteiger partial charge in [0.2, 0.25) is 0 Å². The van der Waals surface area contributed by atoms with Crippen molar-refractivity contribution in [3.63, 3.8) is 0 Å². The molecule has 0 aliphatic heterocycles. The number of halogens is 2. The Morgan fingerprint density at radius 1 is 1.00 bits per heavy atom. The maximum atomic E-state index is 13.2. The Hall–Kier alpha value is -2.32. The van der Waals surface area contributed by atoms with Gasteiger partial charge in [0.15, 0.2) is 0 Å². The number of hydrogen-bond donors (Lipinski definition) is 1. The predicted molar refractivity (Wildman–Crippen MR) is 118 cm³/mol. The van der Waals surface area contributed by atoms with Crippen molar-refractivity contribution in [2.45, 2.75) is 11.4 Å². The van der Waals surface area contributed by atoms with E-state index in [1.807, 2.05) is 47.8 Å². The van der Waals surface area contributed by atoms with Gasteiger partial charge in [-0.3, -0.25) is 9.40 Å². The second-order valence-corrected chi connectivity index (χ2v) is 9.59. The van der Waals surface area contributed by atoms with Crippen LogP contribution in [0.5, 0.6) is 0 Å². The fourth-order valence-corrected chi connectivity index (χ4v) is 5.24. The monoisotopic (exact) mass is 463 g/mol. The maximum absolute atomic E-state index is 13.2. The third-order valence-corrected chi connectivity index (χ3v) is 7.22. The molecule has 0 aliphatic carbocycles. The second-order valence-electron chi connectivity index (χ2n) is 6.21. The van der Waals surface area contributed by atoms with Gasteiger partial charge in [-0.2, -0.15) is 5.10 Å². The fourth-order valence-electron chi connectivity index (χ4n) is 2.82. The topological polar surface area (TPSA) is 64.0 Å². The van der Waals surface area contributed by atoms with E-state index in [0.717, 1.165) is 10.4 Å². The third-order valence-electron chi connectivity index (χ3n) is 4.16. The quantitative estimate of drug-likeness (QED) is 0.394. The van der Waals surface area contributed by atoms with E-state index in [9.17, 15) is 8.42 Å². The first kappa shape index (κ1) is 20.0. The minimum atomic E-state index is -3.95. The first-order chi connectivity index (χ1) is 13.9. The molecule has 1 N–H and O–H groups in total. The molecule has 4 rings (SSSR count). The van der Waals surface area contributed by atoms with Gasteiger partial charge in [0.1, 0.15) is 10.6 Å². The average molecular weight is 464 g/mol. The van der Waals surface area contributed by atoms with Gasteiger partial charge < -0.3 is 0 Å². The number of sulfonamides is 1. The first-order valence-electron chi connectivity index (χ1n) is 8.56. The molecule has 5 nitrogen and oxygen atoms in total. The van der Waals surface area contributed by atoms with E-state index in [1.165, 1.54) is 17.5 Å². The van der Waals surface area contributed by atoms with Crippen LogP contribution in [-0.2, 0) is 16.6 Å². The molecule has 0 bridgehead atoms. The van der Waals surface area contributed by atoms with Crippen molar-refractivity contribution in [3.8, 4) is 10.6 Å². The van der Waals surface area contributed by atoms with Gasteiger partial charge in [-0.25, -0.2) is 8.42 Å². The SMILES string of the molecule is O=S(=O)(Nc1cccc(Cl)c1Cl)c1cn(Cc2ccccc2)nc1-c1cccs1. The van der Waals surface area contributed by atoms with Gasteiger partial charge in [0.25, 0.3) is 10.0 Å². The van der Waals surface area contributed by atoms with Crippen LogP contribution in [-0.4, -0.2) is 18.2 Å². The molecule has 2 aromatic heterocycles. The number of thiophene rings is 1. The van der Waals surface area contributed by atoms with Crippen LogP contribution in [0, 0.1) is 0 Å². The highest BCUT2D eigenvalue weighted by Crippen LogP contribution is 2.34. The van der Waals surface area contributed by atoms with E-state index in [4.69, 9.17) is 23.2 Å². The van der Waals surface area contributed by atoms with E-state index < -0.39 is 10.0 Å². The van der Waals surface area contributed by atoms with Gasteiger partial charge in [0.05, 0.1) is 27.2 Å². The van der Waals surface area contributed by atoms with Crippen LogP contribution in [0.3, 0.4) is 0 Å². The third kappa shape index (κ3) is 4.33. The Bertz CT molecular complexity index is 1240. The molecular weight excluding hydrogens is 449 g/mol. The lowest BCUT2D eigenvalue weighted by Crippen LogP contribution is -2.13. The van der Waals surface area contributed by atoms with Crippen LogP contribution in [0.4, 0.5) is 5.69 Å². The number of benzene rings is 2. The number of aromatic nitrogens is 2. The molecule has 0 amide bonds. The molecule has 148 valence electrons. The normalized spacial score (nSPS) is 11.5. The van der Waals surface area contributed by atoms with Gasteiger partial charge in [-0.1, -0.05) is 65.7 Å². The van der Waals surface area contributed by atoms with Crippen LogP contribution in [0.1, 0.15) is 5.56 Å². The summed E-state index contributed by atoms with van der Waals surface area (Å²) in [6.07, 6.45) is 1.53. The van der Waals surface area contributed by atoms with Gasteiger partial charge in [-0.05, 0) is 29.1 Å². The van der Waals surface area contributed by atoms with E-state index in [2.05, 4.69) is 9.82 Å². The molecule has 0 unspecified atom stereocenters. The van der Waals surface area contributed by atoms with Crippen LogP contribution in [0.2, 0.25) is 10.0 Å². The molecule has 4 aromatic rings. The average Bonchev–Trinajstić information content (AvgIpc) is 3.36. The molecule has 9 heteroatoms. The number of nitrogens with zero attached hydrogens (tertiary/aromatic N) is 2. The Labute approximate surface area is 182 Å². The minimum absolute atomic E-state index is 0.0759. The van der Waals surface area contributed by atoms with Gasteiger partial charge >= 0.3 is 0 Å². The smallest absolute Gasteiger partial charge is 0.265 e. The van der Waals surface area contributed by atoms with E-state index >= 15 is 0 Å². The summed E-state index contributed by atoms with van der Waals surface area (Å²) >= 11 is 13.6. The van der Waals surface area contributed by atoms with Crippen molar-refractivity contribution in [2.75, 3.05) is 4.72 Å². The molecule has 29 heavy (non-hydrogen) atoms. The molecule has 0 fully saturated rings. The fraction of sp³-hybridized carbons (Fsp3) is 0.0500. The summed E-state index contributed by atoms with van der Waals surface area (Å²) < 4.78 is 30.5. The van der Waals surface area contributed by atoms with Crippen LogP contribution in [0.15, 0.2) is 77.1 Å². The maximum Gasteiger partial charge on any atom is 0.265 e. The Morgan fingerprint density at radius 2 is 1.79 bits per heavy atom.